The largest absolute Gasteiger partial charge is 0.480 e. The van der Waals surface area contributed by atoms with Crippen molar-refractivity contribution in [3.63, 3.8) is 0 Å². The molecule has 10 nitrogen and oxygen atoms in total. The summed E-state index contributed by atoms with van der Waals surface area (Å²) in [5.74, 6) is -2.02. The van der Waals surface area contributed by atoms with E-state index in [1.807, 2.05) is 20.1 Å². The van der Waals surface area contributed by atoms with E-state index in [2.05, 4.69) is 16.0 Å². The van der Waals surface area contributed by atoms with Gasteiger partial charge < -0.3 is 32.5 Å². The van der Waals surface area contributed by atoms with E-state index >= 15 is 0 Å². The number of rotatable bonds is 16. The summed E-state index contributed by atoms with van der Waals surface area (Å²) in [7, 11) is 0. The lowest BCUT2D eigenvalue weighted by molar-refractivity contribution is -0.142. The summed E-state index contributed by atoms with van der Waals surface area (Å²) >= 11 is 1.48. The van der Waals surface area contributed by atoms with Crippen molar-refractivity contribution in [2.24, 2.45) is 17.4 Å². The predicted molar refractivity (Wildman–Crippen MR) is 122 cm³/mol. The molecule has 180 valence electrons. The zero-order valence-electron chi connectivity index (χ0n) is 19.0. The van der Waals surface area contributed by atoms with Crippen molar-refractivity contribution in [1.29, 1.82) is 0 Å². The second kappa shape index (κ2) is 15.9. The van der Waals surface area contributed by atoms with Crippen LogP contribution in [0.15, 0.2) is 0 Å². The third-order valence-electron chi connectivity index (χ3n) is 4.56. The fraction of sp³-hybridized carbons (Fsp3) is 0.800. The van der Waals surface area contributed by atoms with Crippen molar-refractivity contribution in [2.75, 3.05) is 18.6 Å². The second-order valence-corrected chi connectivity index (χ2v) is 8.99. The average molecular weight is 462 g/mol. The first-order chi connectivity index (χ1) is 14.5. The van der Waals surface area contributed by atoms with Gasteiger partial charge in [0.05, 0.1) is 6.04 Å². The molecule has 0 bridgehead atoms. The van der Waals surface area contributed by atoms with Gasteiger partial charge in [0.25, 0.3) is 0 Å². The topological polar surface area (TPSA) is 177 Å². The molecule has 0 aliphatic carbocycles. The molecule has 0 saturated heterocycles. The highest BCUT2D eigenvalue weighted by molar-refractivity contribution is 7.98. The Morgan fingerprint density at radius 3 is 1.90 bits per heavy atom. The predicted octanol–water partition coefficient (Wildman–Crippen LogP) is -0.199. The minimum Gasteiger partial charge on any atom is -0.480 e. The third kappa shape index (κ3) is 12.6. The summed E-state index contributed by atoms with van der Waals surface area (Å²) in [5, 5.41) is 17.2. The summed E-state index contributed by atoms with van der Waals surface area (Å²) in [5.41, 5.74) is 11.1. The van der Waals surface area contributed by atoms with Crippen LogP contribution in [0.2, 0.25) is 0 Å². The highest BCUT2D eigenvalue weighted by atomic mass is 32.2. The lowest BCUT2D eigenvalue weighted by atomic mass is 10.0. The number of aliphatic carboxylic acids is 1. The van der Waals surface area contributed by atoms with Crippen molar-refractivity contribution < 1.29 is 24.3 Å². The zero-order chi connectivity index (χ0) is 24.0. The van der Waals surface area contributed by atoms with Crippen molar-refractivity contribution in [3.8, 4) is 0 Å². The molecule has 8 N–H and O–H groups in total. The Bertz CT molecular complexity index is 588. The molecule has 0 fully saturated rings. The molecule has 0 aliphatic heterocycles. The highest BCUT2D eigenvalue weighted by Crippen LogP contribution is 2.09. The maximum Gasteiger partial charge on any atom is 0.326 e. The fourth-order valence-electron chi connectivity index (χ4n) is 2.81. The molecule has 0 spiro atoms. The van der Waals surface area contributed by atoms with Crippen LogP contribution in [0.25, 0.3) is 0 Å². The van der Waals surface area contributed by atoms with Crippen LogP contribution in [0.1, 0.15) is 52.9 Å². The van der Waals surface area contributed by atoms with Crippen molar-refractivity contribution >= 4 is 35.5 Å². The monoisotopic (exact) mass is 461 g/mol. The number of hydrogen-bond donors (Lipinski definition) is 6. The normalized spacial score (nSPS) is 14.9. The van der Waals surface area contributed by atoms with Gasteiger partial charge in [0.2, 0.25) is 17.7 Å². The second-order valence-electron chi connectivity index (χ2n) is 8.01. The third-order valence-corrected chi connectivity index (χ3v) is 5.20. The number of amides is 3. The van der Waals surface area contributed by atoms with E-state index in [0.717, 1.165) is 0 Å². The Labute approximate surface area is 189 Å². The molecule has 0 rings (SSSR count). The van der Waals surface area contributed by atoms with Gasteiger partial charge in [-0.15, -0.1) is 0 Å². The minimum atomic E-state index is -1.12. The van der Waals surface area contributed by atoms with Gasteiger partial charge in [-0.2, -0.15) is 11.8 Å². The van der Waals surface area contributed by atoms with Crippen LogP contribution in [0, 0.1) is 5.92 Å². The number of carboxylic acid groups (broad SMARTS) is 1. The van der Waals surface area contributed by atoms with E-state index in [9.17, 15) is 24.3 Å². The molecule has 0 aromatic heterocycles. The average Bonchev–Trinajstić information content (AvgIpc) is 2.68. The zero-order valence-corrected chi connectivity index (χ0v) is 19.8. The van der Waals surface area contributed by atoms with Crippen molar-refractivity contribution in [3.05, 3.63) is 0 Å². The molecule has 0 heterocycles. The maximum absolute atomic E-state index is 12.9. The molecule has 0 aliphatic rings. The molecule has 0 aromatic carbocycles. The quantitative estimate of drug-likeness (QED) is 0.171. The molecule has 31 heavy (non-hydrogen) atoms. The van der Waals surface area contributed by atoms with Gasteiger partial charge in [0.15, 0.2) is 0 Å². The molecule has 0 radical (unpaired) electrons. The first-order valence-corrected chi connectivity index (χ1v) is 12.0. The molecule has 3 amide bonds. The van der Waals surface area contributed by atoms with E-state index in [1.165, 1.54) is 18.7 Å². The van der Waals surface area contributed by atoms with Crippen molar-refractivity contribution in [2.45, 2.75) is 77.0 Å². The Balaban J connectivity index is 5.35. The lowest BCUT2D eigenvalue weighted by Gasteiger charge is -2.26. The van der Waals surface area contributed by atoms with E-state index < -0.39 is 47.9 Å². The summed E-state index contributed by atoms with van der Waals surface area (Å²) in [6.45, 7) is 5.76. The van der Waals surface area contributed by atoms with Gasteiger partial charge in [0.1, 0.15) is 18.1 Å². The Kier molecular flexibility index (Phi) is 14.9. The first-order valence-electron chi connectivity index (χ1n) is 10.6. The van der Waals surface area contributed by atoms with Crippen LogP contribution < -0.4 is 27.4 Å². The van der Waals surface area contributed by atoms with Gasteiger partial charge in [0, 0.05) is 0 Å². The Morgan fingerprint density at radius 1 is 0.871 bits per heavy atom. The van der Waals surface area contributed by atoms with Crippen LogP contribution in [-0.2, 0) is 19.2 Å². The number of carbonyl (C=O) groups is 4. The SMILES string of the molecule is CSCCC(NC(=O)C(CC(C)C)NC(=O)C(CCCCN)NC(=O)C(C)N)C(=O)O. The first kappa shape index (κ1) is 29.1. The van der Waals surface area contributed by atoms with Crippen LogP contribution in [0.4, 0.5) is 0 Å². The van der Waals surface area contributed by atoms with E-state index in [-0.39, 0.29) is 12.3 Å². The summed E-state index contributed by atoms with van der Waals surface area (Å²) in [6, 6.07) is -3.61. The maximum atomic E-state index is 12.9. The van der Waals surface area contributed by atoms with E-state index in [4.69, 9.17) is 11.5 Å². The molecule has 4 atom stereocenters. The molecule has 0 saturated carbocycles. The number of unbranched alkanes of at least 4 members (excludes halogenated alkanes) is 1. The van der Waals surface area contributed by atoms with Gasteiger partial charge in [-0.05, 0) is 63.5 Å². The van der Waals surface area contributed by atoms with Crippen LogP contribution in [-0.4, -0.2) is 71.5 Å². The fourth-order valence-corrected chi connectivity index (χ4v) is 3.28. The summed E-state index contributed by atoms with van der Waals surface area (Å²) in [6.07, 6.45) is 4.10. The van der Waals surface area contributed by atoms with Gasteiger partial charge in [-0.3, -0.25) is 14.4 Å². The van der Waals surface area contributed by atoms with E-state index in [0.29, 0.717) is 38.0 Å². The summed E-state index contributed by atoms with van der Waals surface area (Å²) < 4.78 is 0. The smallest absolute Gasteiger partial charge is 0.326 e. The van der Waals surface area contributed by atoms with Gasteiger partial charge in [-0.1, -0.05) is 13.8 Å². The Hall–Kier alpha value is -1.85. The van der Waals surface area contributed by atoms with Crippen LogP contribution >= 0.6 is 11.8 Å². The van der Waals surface area contributed by atoms with Crippen LogP contribution in [0.3, 0.4) is 0 Å². The number of thioether (sulfide) groups is 1. The number of hydrogen-bond acceptors (Lipinski definition) is 7. The minimum absolute atomic E-state index is 0.0693. The van der Waals surface area contributed by atoms with Gasteiger partial charge in [-0.25, -0.2) is 4.79 Å². The number of carboxylic acids is 1. The highest BCUT2D eigenvalue weighted by Gasteiger charge is 2.30. The Morgan fingerprint density at radius 2 is 1.42 bits per heavy atom. The van der Waals surface area contributed by atoms with Crippen molar-refractivity contribution in [1.82, 2.24) is 16.0 Å². The van der Waals surface area contributed by atoms with Crippen LogP contribution in [0.5, 0.6) is 0 Å². The molecule has 11 heteroatoms. The number of nitrogens with two attached hydrogens (primary N) is 2. The lowest BCUT2D eigenvalue weighted by Crippen LogP contribution is -2.57. The molecule has 4 unspecified atom stereocenters. The van der Waals surface area contributed by atoms with Gasteiger partial charge >= 0.3 is 5.97 Å². The molecule has 0 aromatic rings. The number of carbonyl (C=O) groups excluding carboxylic acids is 3. The molecular formula is C20H39N5O5S. The summed E-state index contributed by atoms with van der Waals surface area (Å²) in [4.78, 5) is 49.2. The molecular weight excluding hydrogens is 422 g/mol. The van der Waals surface area contributed by atoms with E-state index in [1.54, 1.807) is 0 Å². The standard InChI is InChI=1S/C20H39N5O5S/c1-12(2)11-16(19(28)24-15(20(29)30)8-10-31-4)25-18(27)14(7-5-6-9-21)23-17(26)13(3)22/h12-16H,5-11,21-22H2,1-4H3,(H,23,26)(H,24,28)(H,25,27)(H,29,30). The number of nitrogens with one attached hydrogen (secondary N) is 3.